The van der Waals surface area contributed by atoms with Crippen molar-refractivity contribution in [1.82, 2.24) is 0 Å². The van der Waals surface area contributed by atoms with E-state index in [1.165, 1.54) is 0 Å². The molecular weight excluding hydrogens is 184 g/mol. The third-order valence-electron chi connectivity index (χ3n) is 3.07. The van der Waals surface area contributed by atoms with Gasteiger partial charge in [0, 0.05) is 6.42 Å². The lowest BCUT2D eigenvalue weighted by Gasteiger charge is -2.22. The van der Waals surface area contributed by atoms with Gasteiger partial charge in [0.2, 0.25) is 0 Å². The summed E-state index contributed by atoms with van der Waals surface area (Å²) >= 11 is 0. The topological polar surface area (TPSA) is 55.9 Å². The smallest absolute Gasteiger partial charge is 0.311 e. The molecule has 1 saturated carbocycles. The fourth-order valence-corrected chi connectivity index (χ4v) is 2.17. The van der Waals surface area contributed by atoms with Crippen molar-refractivity contribution in [3.05, 3.63) is 0 Å². The summed E-state index contributed by atoms with van der Waals surface area (Å²) in [6, 6.07) is 0. The van der Waals surface area contributed by atoms with E-state index in [0.29, 0.717) is 19.4 Å². The fourth-order valence-electron chi connectivity index (χ4n) is 2.17. The van der Waals surface area contributed by atoms with Gasteiger partial charge in [-0.25, -0.2) is 0 Å². The normalized spacial score (nSPS) is 40.3. The van der Waals surface area contributed by atoms with Crippen molar-refractivity contribution in [3.63, 3.8) is 0 Å². The third kappa shape index (κ3) is 1.25. The standard InChI is InChI=1S/C10H14O4/c1-3-13-9(12)6-4-5-7(11)8-10(6,2)14-8/h6,8H,3-5H2,1-2H3. The van der Waals surface area contributed by atoms with Gasteiger partial charge in [-0.05, 0) is 20.3 Å². The molecule has 0 aromatic carbocycles. The van der Waals surface area contributed by atoms with Crippen LogP contribution in [0.4, 0.5) is 0 Å². The van der Waals surface area contributed by atoms with Crippen LogP contribution < -0.4 is 0 Å². The number of carbonyl (C=O) groups excluding carboxylic acids is 2. The van der Waals surface area contributed by atoms with Crippen molar-refractivity contribution >= 4 is 11.8 Å². The molecule has 3 atom stereocenters. The van der Waals surface area contributed by atoms with Crippen LogP contribution >= 0.6 is 0 Å². The van der Waals surface area contributed by atoms with Crippen LogP contribution in [-0.4, -0.2) is 30.1 Å². The van der Waals surface area contributed by atoms with Gasteiger partial charge in [0.15, 0.2) is 5.78 Å². The lowest BCUT2D eigenvalue weighted by molar-refractivity contribution is -0.151. The molecule has 0 amide bonds. The Morgan fingerprint density at radius 3 is 3.07 bits per heavy atom. The summed E-state index contributed by atoms with van der Waals surface area (Å²) in [5, 5.41) is 0. The molecule has 1 aliphatic heterocycles. The molecule has 4 nitrogen and oxygen atoms in total. The second-order valence-corrected chi connectivity index (χ2v) is 3.99. The van der Waals surface area contributed by atoms with Crippen molar-refractivity contribution in [2.45, 2.75) is 38.4 Å². The van der Waals surface area contributed by atoms with Gasteiger partial charge in [0.25, 0.3) is 0 Å². The maximum absolute atomic E-state index is 11.5. The molecule has 4 heteroatoms. The molecule has 3 unspecified atom stereocenters. The van der Waals surface area contributed by atoms with Crippen molar-refractivity contribution in [3.8, 4) is 0 Å². The number of carbonyl (C=O) groups is 2. The number of hydrogen-bond donors (Lipinski definition) is 0. The van der Waals surface area contributed by atoms with Crippen LogP contribution in [0.2, 0.25) is 0 Å². The molecule has 1 aliphatic carbocycles. The summed E-state index contributed by atoms with van der Waals surface area (Å²) in [7, 11) is 0. The first-order valence-electron chi connectivity index (χ1n) is 4.96. The van der Waals surface area contributed by atoms with E-state index in [0.717, 1.165) is 0 Å². The number of hydrogen-bond acceptors (Lipinski definition) is 4. The van der Waals surface area contributed by atoms with E-state index >= 15 is 0 Å². The Balaban J connectivity index is 2.07. The van der Waals surface area contributed by atoms with Gasteiger partial charge < -0.3 is 9.47 Å². The Hall–Kier alpha value is -0.900. The van der Waals surface area contributed by atoms with Crippen LogP contribution in [0, 0.1) is 5.92 Å². The van der Waals surface area contributed by atoms with Crippen LogP contribution in [0.25, 0.3) is 0 Å². The maximum Gasteiger partial charge on any atom is 0.311 e. The number of ketones is 1. The minimum Gasteiger partial charge on any atom is -0.466 e. The van der Waals surface area contributed by atoms with Crippen LogP contribution in [0.15, 0.2) is 0 Å². The van der Waals surface area contributed by atoms with Crippen molar-refractivity contribution in [2.24, 2.45) is 5.92 Å². The summed E-state index contributed by atoms with van der Waals surface area (Å²) < 4.78 is 10.3. The van der Waals surface area contributed by atoms with E-state index in [1.54, 1.807) is 6.92 Å². The number of Topliss-reactive ketones (excluding diaryl/α,β-unsaturated/α-hetero) is 1. The molecule has 2 rings (SSSR count). The van der Waals surface area contributed by atoms with Gasteiger partial charge in [0.05, 0.1) is 12.5 Å². The van der Waals surface area contributed by atoms with Gasteiger partial charge in [-0.1, -0.05) is 0 Å². The predicted octanol–water partition coefficient (Wildman–Crippen LogP) is 0.686. The zero-order valence-corrected chi connectivity index (χ0v) is 8.41. The van der Waals surface area contributed by atoms with Gasteiger partial charge in [-0.3, -0.25) is 9.59 Å². The van der Waals surface area contributed by atoms with Crippen LogP contribution in [-0.2, 0) is 19.1 Å². The first-order valence-corrected chi connectivity index (χ1v) is 4.96. The molecule has 14 heavy (non-hydrogen) atoms. The van der Waals surface area contributed by atoms with E-state index in [9.17, 15) is 9.59 Å². The molecule has 2 aliphatic rings. The van der Waals surface area contributed by atoms with Crippen LogP contribution in [0.5, 0.6) is 0 Å². The lowest BCUT2D eigenvalue weighted by Crippen LogP contribution is -2.38. The van der Waals surface area contributed by atoms with E-state index in [1.807, 2.05) is 6.92 Å². The molecule has 0 aromatic heterocycles. The predicted molar refractivity (Wildman–Crippen MR) is 47.6 cm³/mol. The molecule has 2 fully saturated rings. The largest absolute Gasteiger partial charge is 0.466 e. The van der Waals surface area contributed by atoms with E-state index in [4.69, 9.17) is 9.47 Å². The molecule has 78 valence electrons. The highest BCUT2D eigenvalue weighted by atomic mass is 16.6. The fraction of sp³-hybridized carbons (Fsp3) is 0.800. The molecule has 0 spiro atoms. The second-order valence-electron chi connectivity index (χ2n) is 3.99. The first-order chi connectivity index (χ1) is 6.59. The van der Waals surface area contributed by atoms with E-state index in [2.05, 4.69) is 0 Å². The van der Waals surface area contributed by atoms with E-state index in [-0.39, 0.29) is 23.8 Å². The number of fused-ring (bicyclic) bond motifs is 1. The SMILES string of the molecule is CCOC(=O)C1CCC(=O)C2OC12C. The van der Waals surface area contributed by atoms with Crippen molar-refractivity contribution in [1.29, 1.82) is 0 Å². The zero-order chi connectivity index (χ0) is 10.3. The highest BCUT2D eigenvalue weighted by molar-refractivity contribution is 5.91. The summed E-state index contributed by atoms with van der Waals surface area (Å²) in [6.45, 7) is 3.97. The molecule has 0 aromatic rings. The Bertz CT molecular complexity index is 286. The van der Waals surface area contributed by atoms with E-state index < -0.39 is 5.60 Å². The molecule has 0 N–H and O–H groups in total. The van der Waals surface area contributed by atoms with Crippen molar-refractivity contribution < 1.29 is 19.1 Å². The minimum absolute atomic E-state index is 0.119. The number of esters is 1. The van der Waals surface area contributed by atoms with Gasteiger partial charge >= 0.3 is 5.97 Å². The summed E-state index contributed by atoms with van der Waals surface area (Å²) in [5.74, 6) is -0.372. The van der Waals surface area contributed by atoms with Crippen LogP contribution in [0.3, 0.4) is 0 Å². The molecule has 1 heterocycles. The molecule has 0 bridgehead atoms. The Labute approximate surface area is 82.6 Å². The Morgan fingerprint density at radius 2 is 2.43 bits per heavy atom. The quantitative estimate of drug-likeness (QED) is 0.483. The Kier molecular flexibility index (Phi) is 2.10. The average molecular weight is 198 g/mol. The minimum atomic E-state index is -0.568. The average Bonchev–Trinajstić information content (AvgIpc) is 2.80. The van der Waals surface area contributed by atoms with Gasteiger partial charge in [0.1, 0.15) is 11.7 Å². The number of ether oxygens (including phenoxy) is 2. The Morgan fingerprint density at radius 1 is 1.71 bits per heavy atom. The third-order valence-corrected chi connectivity index (χ3v) is 3.07. The monoisotopic (exact) mass is 198 g/mol. The highest BCUT2D eigenvalue weighted by Crippen LogP contribution is 2.49. The van der Waals surface area contributed by atoms with Crippen LogP contribution in [0.1, 0.15) is 26.7 Å². The summed E-state index contributed by atoms with van der Waals surface area (Å²) in [6.07, 6.45) is 0.639. The molecule has 1 saturated heterocycles. The highest BCUT2D eigenvalue weighted by Gasteiger charge is 2.65. The first kappa shape index (κ1) is 9.65. The van der Waals surface area contributed by atoms with Crippen molar-refractivity contribution in [2.75, 3.05) is 6.61 Å². The lowest BCUT2D eigenvalue weighted by atomic mass is 9.79. The number of epoxide rings is 1. The summed E-state index contributed by atoms with van der Waals surface area (Å²) in [5.41, 5.74) is -0.568. The molecular formula is C10H14O4. The molecule has 0 radical (unpaired) electrons. The maximum atomic E-state index is 11.5. The zero-order valence-electron chi connectivity index (χ0n) is 8.41. The summed E-state index contributed by atoms with van der Waals surface area (Å²) in [4.78, 5) is 22.8. The number of rotatable bonds is 2. The van der Waals surface area contributed by atoms with Gasteiger partial charge in [-0.2, -0.15) is 0 Å². The van der Waals surface area contributed by atoms with Gasteiger partial charge in [-0.15, -0.1) is 0 Å². The second kappa shape index (κ2) is 3.05.